The number of carbonyl (C=O) groups is 1. The Labute approximate surface area is 149 Å². The fraction of sp³-hybridized carbons (Fsp3) is 0.231. The van der Waals surface area contributed by atoms with Crippen molar-refractivity contribution in [3.8, 4) is 9.75 Å². The number of hydrogen-bond donors (Lipinski definition) is 1. The molecule has 12 heteroatoms. The van der Waals surface area contributed by atoms with Gasteiger partial charge in [0.05, 0.1) is 31.9 Å². The Morgan fingerprint density at radius 1 is 1.28 bits per heavy atom. The highest BCUT2D eigenvalue weighted by Crippen LogP contribution is 2.43. The van der Waals surface area contributed by atoms with Crippen LogP contribution < -0.4 is 5.43 Å². The molecule has 1 N–H and O–H groups in total. The first-order valence-corrected chi connectivity index (χ1v) is 8.47. The van der Waals surface area contributed by atoms with E-state index in [4.69, 9.17) is 0 Å². The largest absolute Gasteiger partial charge is 0.449 e. The number of thiophene rings is 2. The van der Waals surface area contributed by atoms with Gasteiger partial charge in [0.2, 0.25) is 0 Å². The Morgan fingerprint density at radius 2 is 2.00 bits per heavy atom. The zero-order valence-corrected chi connectivity index (χ0v) is 14.7. The second-order valence-electron chi connectivity index (χ2n) is 4.51. The molecule has 0 aliphatic rings. The molecule has 0 aliphatic carbocycles. The van der Waals surface area contributed by atoms with Gasteiger partial charge in [0.1, 0.15) is 4.88 Å². The third-order valence-corrected chi connectivity index (χ3v) is 5.30. The van der Waals surface area contributed by atoms with Crippen molar-refractivity contribution in [2.45, 2.75) is 13.8 Å². The van der Waals surface area contributed by atoms with E-state index in [2.05, 4.69) is 15.3 Å². The van der Waals surface area contributed by atoms with Gasteiger partial charge in [0.15, 0.2) is 0 Å². The van der Waals surface area contributed by atoms with Gasteiger partial charge in [-0.25, -0.2) is 10.2 Å². The topological polar surface area (TPSA) is 137 Å². The van der Waals surface area contributed by atoms with E-state index in [9.17, 15) is 25.0 Å². The van der Waals surface area contributed by atoms with E-state index in [1.54, 1.807) is 13.8 Å². The predicted molar refractivity (Wildman–Crippen MR) is 93.3 cm³/mol. The van der Waals surface area contributed by atoms with Crippen molar-refractivity contribution in [3.63, 3.8) is 0 Å². The van der Waals surface area contributed by atoms with E-state index in [1.165, 1.54) is 18.2 Å². The molecule has 0 saturated heterocycles. The molecule has 2 rings (SSSR count). The molecule has 0 aromatic carbocycles. The molecule has 0 atom stereocenters. The van der Waals surface area contributed by atoms with Crippen LogP contribution in [0.4, 0.5) is 15.5 Å². The Balaban J connectivity index is 2.35. The number of nitrogens with one attached hydrogen (secondary N) is 1. The van der Waals surface area contributed by atoms with Crippen LogP contribution in [0.1, 0.15) is 18.7 Å². The van der Waals surface area contributed by atoms with Crippen molar-refractivity contribution in [1.29, 1.82) is 0 Å². The number of hydrogen-bond acceptors (Lipinski definition) is 9. The average molecular weight is 384 g/mol. The van der Waals surface area contributed by atoms with E-state index >= 15 is 0 Å². The highest BCUT2D eigenvalue weighted by Gasteiger charge is 2.24. The fourth-order valence-electron chi connectivity index (χ4n) is 1.77. The maximum Gasteiger partial charge on any atom is 0.427 e. The SMILES string of the molecule is CCOC(=O)NN=C(C)c1cc([N+](=O)[O-])c(-c2ccc([N+](=O)[O-])s2)s1. The quantitative estimate of drug-likeness (QED) is 0.457. The number of nitrogens with zero attached hydrogens (tertiary/aromatic N) is 3. The number of carbonyl (C=O) groups excluding carboxylic acids is 1. The highest BCUT2D eigenvalue weighted by atomic mass is 32.1. The third kappa shape index (κ3) is 4.36. The molecule has 10 nitrogen and oxygen atoms in total. The lowest BCUT2D eigenvalue weighted by atomic mass is 10.3. The lowest BCUT2D eigenvalue weighted by Gasteiger charge is -2.00. The van der Waals surface area contributed by atoms with E-state index in [0.29, 0.717) is 20.3 Å². The maximum absolute atomic E-state index is 11.3. The van der Waals surface area contributed by atoms with Gasteiger partial charge in [-0.2, -0.15) is 5.10 Å². The van der Waals surface area contributed by atoms with Crippen LogP contribution in [0.5, 0.6) is 0 Å². The Hall–Kier alpha value is -2.86. The van der Waals surface area contributed by atoms with Crippen LogP contribution in [0.3, 0.4) is 0 Å². The summed E-state index contributed by atoms with van der Waals surface area (Å²) in [6.45, 7) is 3.40. The van der Waals surface area contributed by atoms with Crippen LogP contribution in [0.15, 0.2) is 23.3 Å². The molecule has 0 spiro atoms. The third-order valence-electron chi connectivity index (χ3n) is 2.85. The van der Waals surface area contributed by atoms with Crippen LogP contribution >= 0.6 is 22.7 Å². The lowest BCUT2D eigenvalue weighted by molar-refractivity contribution is -0.383. The molecule has 0 radical (unpaired) electrons. The maximum atomic E-state index is 11.3. The van der Waals surface area contributed by atoms with Crippen molar-refractivity contribution in [1.82, 2.24) is 5.43 Å². The molecule has 2 aromatic heterocycles. The highest BCUT2D eigenvalue weighted by molar-refractivity contribution is 7.24. The van der Waals surface area contributed by atoms with Crippen LogP contribution in [0.2, 0.25) is 0 Å². The van der Waals surface area contributed by atoms with E-state index in [-0.39, 0.29) is 17.3 Å². The molecule has 0 aliphatic heterocycles. The van der Waals surface area contributed by atoms with Crippen LogP contribution in [-0.4, -0.2) is 28.3 Å². The number of nitro groups is 2. The predicted octanol–water partition coefficient (Wildman–Crippen LogP) is 3.76. The molecule has 25 heavy (non-hydrogen) atoms. The Bertz CT molecular complexity index is 857. The molecule has 0 unspecified atom stereocenters. The van der Waals surface area contributed by atoms with Crippen LogP contribution in [0.25, 0.3) is 9.75 Å². The Morgan fingerprint density at radius 3 is 2.56 bits per heavy atom. The summed E-state index contributed by atoms with van der Waals surface area (Å²) in [4.78, 5) is 33.4. The Kier molecular flexibility index (Phi) is 5.77. The van der Waals surface area contributed by atoms with Crippen LogP contribution in [-0.2, 0) is 4.74 Å². The van der Waals surface area contributed by atoms with Gasteiger partial charge < -0.3 is 4.74 Å². The molecule has 2 aromatic rings. The minimum atomic E-state index is -0.734. The molecule has 132 valence electrons. The first-order valence-electron chi connectivity index (χ1n) is 6.83. The van der Waals surface area contributed by atoms with Crippen LogP contribution in [0, 0.1) is 20.2 Å². The van der Waals surface area contributed by atoms with Gasteiger partial charge in [0.25, 0.3) is 5.69 Å². The van der Waals surface area contributed by atoms with Gasteiger partial charge in [-0.05, 0) is 19.9 Å². The van der Waals surface area contributed by atoms with Gasteiger partial charge in [-0.3, -0.25) is 20.2 Å². The minimum Gasteiger partial charge on any atom is -0.449 e. The van der Waals surface area contributed by atoms with Crippen molar-refractivity contribution in [2.75, 3.05) is 6.61 Å². The van der Waals surface area contributed by atoms with E-state index in [1.807, 2.05) is 0 Å². The molecule has 2 heterocycles. The summed E-state index contributed by atoms with van der Waals surface area (Å²) in [5, 5.41) is 25.8. The van der Waals surface area contributed by atoms with Crippen molar-refractivity contribution in [2.24, 2.45) is 5.10 Å². The molecule has 0 saturated carbocycles. The van der Waals surface area contributed by atoms with Crippen molar-refractivity contribution in [3.05, 3.63) is 43.3 Å². The molecule has 1 amide bonds. The summed E-state index contributed by atoms with van der Waals surface area (Å²) in [6.07, 6.45) is -0.734. The zero-order chi connectivity index (χ0) is 18.6. The zero-order valence-electron chi connectivity index (χ0n) is 13.0. The summed E-state index contributed by atoms with van der Waals surface area (Å²) >= 11 is 1.92. The van der Waals surface area contributed by atoms with Gasteiger partial charge >= 0.3 is 11.1 Å². The van der Waals surface area contributed by atoms with Gasteiger partial charge in [0, 0.05) is 12.1 Å². The standard InChI is InChI=1S/C13H12N4O6S2/c1-3-23-13(18)15-14-7(2)10-6-8(16(19)20)12(25-10)9-4-5-11(24-9)17(21)22/h4-6H,3H2,1-2H3,(H,15,18). The molecule has 0 bridgehead atoms. The van der Waals surface area contributed by atoms with E-state index in [0.717, 1.165) is 22.7 Å². The molecular weight excluding hydrogens is 372 g/mol. The number of amides is 1. The second-order valence-corrected chi connectivity index (χ2v) is 6.62. The van der Waals surface area contributed by atoms with Crippen molar-refractivity contribution < 1.29 is 19.4 Å². The normalized spacial score (nSPS) is 11.2. The second kappa shape index (κ2) is 7.81. The minimum absolute atomic E-state index is 0.103. The summed E-state index contributed by atoms with van der Waals surface area (Å²) in [5.41, 5.74) is 2.34. The van der Waals surface area contributed by atoms with Gasteiger partial charge in [-0.15, -0.1) is 11.3 Å². The van der Waals surface area contributed by atoms with Crippen molar-refractivity contribution >= 4 is 45.2 Å². The number of ether oxygens (including phenoxy) is 1. The summed E-state index contributed by atoms with van der Waals surface area (Å²) in [7, 11) is 0. The number of hydrazone groups is 1. The monoisotopic (exact) mass is 384 g/mol. The lowest BCUT2D eigenvalue weighted by Crippen LogP contribution is -2.20. The molecular formula is C13H12N4O6S2. The van der Waals surface area contributed by atoms with Gasteiger partial charge in [-0.1, -0.05) is 11.3 Å². The summed E-state index contributed by atoms with van der Waals surface area (Å²) in [5.74, 6) is 0. The number of rotatable bonds is 6. The van der Waals surface area contributed by atoms with E-state index < -0.39 is 15.9 Å². The summed E-state index contributed by atoms with van der Waals surface area (Å²) < 4.78 is 4.67. The average Bonchev–Trinajstić information content (AvgIpc) is 3.19. The molecule has 0 fully saturated rings. The first kappa shape index (κ1) is 18.5. The fourth-order valence-corrected chi connectivity index (χ4v) is 3.78. The smallest absolute Gasteiger partial charge is 0.427 e. The summed E-state index contributed by atoms with van der Waals surface area (Å²) in [6, 6.07) is 4.08. The first-order chi connectivity index (χ1) is 11.8.